The van der Waals surface area contributed by atoms with Gasteiger partial charge in [0.2, 0.25) is 0 Å². The minimum atomic E-state index is -0.0203. The molecule has 0 aromatic heterocycles. The van der Waals surface area contributed by atoms with Crippen molar-refractivity contribution in [3.63, 3.8) is 0 Å². The van der Waals surface area contributed by atoms with Crippen LogP contribution in [0.15, 0.2) is 48.5 Å². The monoisotopic (exact) mass is 470 g/mol. The van der Waals surface area contributed by atoms with Crippen LogP contribution in [0, 0.1) is 5.92 Å². The molecule has 0 spiro atoms. The Bertz CT molecular complexity index is 890. The summed E-state index contributed by atoms with van der Waals surface area (Å²) in [6, 6.07) is 15.6. The molecule has 2 aromatic carbocycles. The van der Waals surface area contributed by atoms with E-state index in [0.717, 1.165) is 25.1 Å². The molecule has 0 aliphatic carbocycles. The first-order chi connectivity index (χ1) is 16.5. The van der Waals surface area contributed by atoms with Crippen LogP contribution in [-0.2, 0) is 16.1 Å². The first-order valence-electron chi connectivity index (χ1n) is 12.0. The van der Waals surface area contributed by atoms with Gasteiger partial charge < -0.3 is 29.2 Å². The summed E-state index contributed by atoms with van der Waals surface area (Å²) < 4.78 is 22.6. The number of carbonyl (C=O) groups excluding carboxylic acids is 1. The molecule has 1 amide bonds. The minimum absolute atomic E-state index is 0.0203. The molecule has 0 unspecified atom stereocenters. The van der Waals surface area contributed by atoms with Crippen molar-refractivity contribution >= 4 is 5.91 Å². The SMILES string of the molecule is COCCCOc1cc(C(=O)N(C[C@H]2CNC[C@H]2OCc2ccccc2)C(C)C)ccc1OC. The molecule has 1 heterocycles. The van der Waals surface area contributed by atoms with Crippen LogP contribution in [0.5, 0.6) is 11.5 Å². The number of methoxy groups -OCH3 is 2. The van der Waals surface area contributed by atoms with Crippen molar-refractivity contribution < 1.29 is 23.7 Å². The van der Waals surface area contributed by atoms with E-state index < -0.39 is 0 Å². The maximum absolute atomic E-state index is 13.5. The van der Waals surface area contributed by atoms with Gasteiger partial charge in [0.1, 0.15) is 0 Å². The van der Waals surface area contributed by atoms with Gasteiger partial charge in [-0.2, -0.15) is 0 Å². The van der Waals surface area contributed by atoms with E-state index in [4.69, 9.17) is 18.9 Å². The number of benzene rings is 2. The third-order valence-electron chi connectivity index (χ3n) is 6.06. The van der Waals surface area contributed by atoms with Crippen LogP contribution < -0.4 is 14.8 Å². The van der Waals surface area contributed by atoms with Crippen molar-refractivity contribution in [1.29, 1.82) is 0 Å². The molecule has 1 N–H and O–H groups in total. The Balaban J connectivity index is 1.67. The van der Waals surface area contributed by atoms with Gasteiger partial charge >= 0.3 is 0 Å². The van der Waals surface area contributed by atoms with E-state index in [0.29, 0.717) is 43.4 Å². The Morgan fingerprint density at radius 1 is 1.06 bits per heavy atom. The maximum atomic E-state index is 13.5. The molecule has 1 saturated heterocycles. The zero-order valence-electron chi connectivity index (χ0n) is 20.8. The molecule has 186 valence electrons. The highest BCUT2D eigenvalue weighted by molar-refractivity contribution is 5.95. The second kappa shape index (κ2) is 13.3. The van der Waals surface area contributed by atoms with Gasteiger partial charge in [-0.15, -0.1) is 0 Å². The Labute approximate surface area is 203 Å². The van der Waals surface area contributed by atoms with E-state index in [1.165, 1.54) is 0 Å². The lowest BCUT2D eigenvalue weighted by molar-refractivity contribution is 0.0129. The van der Waals surface area contributed by atoms with Gasteiger partial charge in [-0.05, 0) is 37.6 Å². The highest BCUT2D eigenvalue weighted by Gasteiger charge is 2.32. The molecular formula is C27H38N2O5. The Kier molecular flexibility index (Phi) is 10.2. The van der Waals surface area contributed by atoms with Gasteiger partial charge in [0, 0.05) is 57.3 Å². The van der Waals surface area contributed by atoms with Crippen LogP contribution in [0.3, 0.4) is 0 Å². The number of carbonyl (C=O) groups is 1. The quantitative estimate of drug-likeness (QED) is 0.450. The van der Waals surface area contributed by atoms with Crippen molar-refractivity contribution in [2.45, 2.75) is 39.0 Å². The van der Waals surface area contributed by atoms with Gasteiger partial charge in [-0.25, -0.2) is 0 Å². The number of hydrogen-bond donors (Lipinski definition) is 1. The number of hydrogen-bond acceptors (Lipinski definition) is 6. The van der Waals surface area contributed by atoms with Crippen LogP contribution in [0.25, 0.3) is 0 Å². The highest BCUT2D eigenvalue weighted by Crippen LogP contribution is 2.29. The predicted molar refractivity (Wildman–Crippen MR) is 133 cm³/mol. The molecule has 2 atom stereocenters. The maximum Gasteiger partial charge on any atom is 0.254 e. The van der Waals surface area contributed by atoms with Crippen molar-refractivity contribution in [2.24, 2.45) is 5.92 Å². The van der Waals surface area contributed by atoms with Gasteiger partial charge in [0.15, 0.2) is 11.5 Å². The third kappa shape index (κ3) is 7.19. The van der Waals surface area contributed by atoms with E-state index in [2.05, 4.69) is 17.4 Å². The Morgan fingerprint density at radius 2 is 1.85 bits per heavy atom. The highest BCUT2D eigenvalue weighted by atomic mass is 16.5. The average Bonchev–Trinajstić information content (AvgIpc) is 3.31. The molecule has 0 saturated carbocycles. The Hall–Kier alpha value is -2.61. The van der Waals surface area contributed by atoms with E-state index in [1.807, 2.05) is 36.9 Å². The fraction of sp³-hybridized carbons (Fsp3) is 0.519. The standard InChI is InChI=1S/C27H38N2O5/c1-20(2)29(18-23-16-28-17-26(23)34-19-21-9-6-5-7-10-21)27(30)22-11-12-24(32-4)25(15-22)33-14-8-13-31-3/h5-7,9-12,15,20,23,26,28H,8,13-14,16-19H2,1-4H3/t23-,26-/m1/s1. The van der Waals surface area contributed by atoms with Gasteiger partial charge in [0.25, 0.3) is 5.91 Å². The summed E-state index contributed by atoms with van der Waals surface area (Å²) in [5, 5.41) is 3.43. The Morgan fingerprint density at radius 3 is 2.56 bits per heavy atom. The summed E-state index contributed by atoms with van der Waals surface area (Å²) in [6.07, 6.45) is 0.819. The number of nitrogens with zero attached hydrogens (tertiary/aromatic N) is 1. The molecule has 34 heavy (non-hydrogen) atoms. The topological polar surface area (TPSA) is 69.3 Å². The molecule has 2 aromatic rings. The third-order valence-corrected chi connectivity index (χ3v) is 6.06. The smallest absolute Gasteiger partial charge is 0.254 e. The average molecular weight is 471 g/mol. The van der Waals surface area contributed by atoms with Crippen molar-refractivity contribution in [2.75, 3.05) is 47.1 Å². The van der Waals surface area contributed by atoms with E-state index in [1.54, 1.807) is 32.4 Å². The summed E-state index contributed by atoms with van der Waals surface area (Å²) in [5.41, 5.74) is 1.74. The molecule has 1 fully saturated rings. The van der Waals surface area contributed by atoms with Gasteiger partial charge in [0.05, 0.1) is 26.4 Å². The van der Waals surface area contributed by atoms with Crippen molar-refractivity contribution in [1.82, 2.24) is 10.2 Å². The van der Waals surface area contributed by atoms with Crippen LogP contribution in [0.4, 0.5) is 0 Å². The zero-order chi connectivity index (χ0) is 24.3. The summed E-state index contributed by atoms with van der Waals surface area (Å²) >= 11 is 0. The summed E-state index contributed by atoms with van der Waals surface area (Å²) in [7, 11) is 3.26. The largest absolute Gasteiger partial charge is 0.493 e. The van der Waals surface area contributed by atoms with Crippen LogP contribution in [0.1, 0.15) is 36.2 Å². The number of rotatable bonds is 13. The summed E-state index contributed by atoms with van der Waals surface area (Å²) in [6.45, 7) is 8.01. The lowest BCUT2D eigenvalue weighted by Crippen LogP contribution is -2.43. The van der Waals surface area contributed by atoms with Crippen LogP contribution in [-0.4, -0.2) is 70.0 Å². The molecule has 1 aliphatic heterocycles. The number of nitrogens with one attached hydrogen (secondary N) is 1. The first kappa shape index (κ1) is 26.0. The molecule has 1 aliphatic rings. The lowest BCUT2D eigenvalue weighted by atomic mass is 10.0. The van der Waals surface area contributed by atoms with Crippen molar-refractivity contribution in [3.8, 4) is 11.5 Å². The molecule has 7 nitrogen and oxygen atoms in total. The number of amides is 1. The fourth-order valence-electron chi connectivity index (χ4n) is 4.12. The van der Waals surface area contributed by atoms with Crippen LogP contribution >= 0.6 is 0 Å². The number of ether oxygens (including phenoxy) is 4. The molecule has 0 bridgehead atoms. The minimum Gasteiger partial charge on any atom is -0.493 e. The van der Waals surface area contributed by atoms with Crippen molar-refractivity contribution in [3.05, 3.63) is 59.7 Å². The second-order valence-corrected chi connectivity index (χ2v) is 8.87. The predicted octanol–water partition coefficient (Wildman–Crippen LogP) is 3.77. The zero-order valence-corrected chi connectivity index (χ0v) is 20.8. The normalized spacial score (nSPS) is 17.7. The molecular weight excluding hydrogens is 432 g/mol. The summed E-state index contributed by atoms with van der Waals surface area (Å²) in [5.74, 6) is 1.38. The first-order valence-corrected chi connectivity index (χ1v) is 12.0. The second-order valence-electron chi connectivity index (χ2n) is 8.87. The molecule has 7 heteroatoms. The van der Waals surface area contributed by atoms with Gasteiger partial charge in [-0.3, -0.25) is 4.79 Å². The van der Waals surface area contributed by atoms with E-state index >= 15 is 0 Å². The molecule has 3 rings (SSSR count). The van der Waals surface area contributed by atoms with Gasteiger partial charge in [-0.1, -0.05) is 30.3 Å². The lowest BCUT2D eigenvalue weighted by Gasteiger charge is -2.31. The molecule has 0 radical (unpaired) electrons. The van der Waals surface area contributed by atoms with E-state index in [9.17, 15) is 4.79 Å². The summed E-state index contributed by atoms with van der Waals surface area (Å²) in [4.78, 5) is 15.5. The fourth-order valence-corrected chi connectivity index (χ4v) is 4.12. The van der Waals surface area contributed by atoms with E-state index in [-0.39, 0.29) is 24.0 Å². The van der Waals surface area contributed by atoms with Crippen LogP contribution in [0.2, 0.25) is 0 Å².